The molecule has 0 atom stereocenters. The lowest BCUT2D eigenvalue weighted by molar-refractivity contribution is 0.0509. The number of benzene rings is 1. The molecule has 0 aromatic heterocycles. The lowest BCUT2D eigenvalue weighted by Gasteiger charge is -2.45. The first-order chi connectivity index (χ1) is 7.97. The Balaban J connectivity index is 2.36. The van der Waals surface area contributed by atoms with Crippen molar-refractivity contribution >= 4 is 0 Å². The van der Waals surface area contributed by atoms with Gasteiger partial charge < -0.3 is 0 Å². The van der Waals surface area contributed by atoms with E-state index in [1.807, 2.05) is 0 Å². The summed E-state index contributed by atoms with van der Waals surface area (Å²) in [5.41, 5.74) is 3.42. The van der Waals surface area contributed by atoms with Crippen molar-refractivity contribution in [2.45, 2.75) is 52.1 Å². The highest BCUT2D eigenvalue weighted by Crippen LogP contribution is 2.40. The zero-order valence-corrected chi connectivity index (χ0v) is 11.8. The Bertz CT molecular complexity index is 367. The van der Waals surface area contributed by atoms with Crippen LogP contribution in [0.1, 0.15) is 38.8 Å². The Labute approximate surface area is 106 Å². The molecule has 0 amide bonds. The Morgan fingerprint density at radius 1 is 1.00 bits per heavy atom. The minimum absolute atomic E-state index is 0.317. The van der Waals surface area contributed by atoms with Crippen LogP contribution in [0.4, 0.5) is 0 Å². The summed E-state index contributed by atoms with van der Waals surface area (Å²) in [6.45, 7) is 9.33. The third-order valence-electron chi connectivity index (χ3n) is 4.66. The summed E-state index contributed by atoms with van der Waals surface area (Å²) in [6.07, 6.45) is 2.41. The number of nitrogens with zero attached hydrogens (tertiary/aromatic N) is 1. The van der Waals surface area contributed by atoms with E-state index < -0.39 is 0 Å². The zero-order chi connectivity index (χ0) is 12.6. The molecule has 0 bridgehead atoms. The van der Waals surface area contributed by atoms with Gasteiger partial charge in [-0.3, -0.25) is 4.90 Å². The van der Waals surface area contributed by atoms with Gasteiger partial charge in [-0.25, -0.2) is 0 Å². The largest absolute Gasteiger partial charge is 0.297 e. The molecule has 0 N–H and O–H groups in total. The highest BCUT2D eigenvalue weighted by molar-refractivity contribution is 5.36. The zero-order valence-electron chi connectivity index (χ0n) is 11.8. The summed E-state index contributed by atoms with van der Waals surface area (Å²) >= 11 is 0. The molecule has 0 saturated carbocycles. The number of fused-ring (bicyclic) bond motifs is 1. The first-order valence-corrected chi connectivity index (χ1v) is 6.77. The monoisotopic (exact) mass is 231 g/mol. The van der Waals surface area contributed by atoms with Crippen LogP contribution in [0, 0.1) is 5.92 Å². The molecule has 1 aromatic carbocycles. The van der Waals surface area contributed by atoms with Gasteiger partial charge in [0.25, 0.3) is 0 Å². The second kappa shape index (κ2) is 4.45. The molecule has 1 nitrogen and oxygen atoms in total. The second-order valence-electron chi connectivity index (χ2n) is 6.09. The molecule has 0 fully saturated rings. The Morgan fingerprint density at radius 3 is 1.82 bits per heavy atom. The Kier molecular flexibility index (Phi) is 3.31. The van der Waals surface area contributed by atoms with Crippen molar-refractivity contribution in [1.29, 1.82) is 0 Å². The molecule has 0 heterocycles. The van der Waals surface area contributed by atoms with Crippen LogP contribution < -0.4 is 0 Å². The fraction of sp³-hybridized carbons (Fsp3) is 0.625. The second-order valence-corrected chi connectivity index (χ2v) is 6.09. The van der Waals surface area contributed by atoms with E-state index >= 15 is 0 Å². The maximum Gasteiger partial charge on any atom is 0.0312 e. The summed E-state index contributed by atoms with van der Waals surface area (Å²) in [5.74, 6) is 0.683. The SMILES string of the molecule is CC(C)N(C)C1(C(C)C)Cc2ccccc2C1. The lowest BCUT2D eigenvalue weighted by Crippen LogP contribution is -2.54. The van der Waals surface area contributed by atoms with Gasteiger partial charge in [0.15, 0.2) is 0 Å². The Morgan fingerprint density at radius 2 is 1.47 bits per heavy atom. The normalized spacial score (nSPS) is 18.1. The Hall–Kier alpha value is -0.820. The smallest absolute Gasteiger partial charge is 0.0312 e. The summed E-state index contributed by atoms with van der Waals surface area (Å²) < 4.78 is 0. The topological polar surface area (TPSA) is 3.24 Å². The summed E-state index contributed by atoms with van der Waals surface area (Å²) in [4.78, 5) is 2.58. The van der Waals surface area contributed by atoms with E-state index in [0.717, 1.165) is 0 Å². The van der Waals surface area contributed by atoms with Gasteiger partial charge >= 0.3 is 0 Å². The van der Waals surface area contributed by atoms with Crippen LogP contribution in [0.2, 0.25) is 0 Å². The van der Waals surface area contributed by atoms with Crippen molar-refractivity contribution < 1.29 is 0 Å². The molecular formula is C16H25N. The average molecular weight is 231 g/mol. The van der Waals surface area contributed by atoms with Crippen LogP contribution in [-0.4, -0.2) is 23.5 Å². The molecule has 1 heteroatoms. The van der Waals surface area contributed by atoms with E-state index in [0.29, 0.717) is 17.5 Å². The average Bonchev–Trinajstić information content (AvgIpc) is 2.68. The standard InChI is InChI=1S/C16H25N/c1-12(2)16(17(5)13(3)4)10-14-8-6-7-9-15(14)11-16/h6-9,12-13H,10-11H2,1-5H3. The highest BCUT2D eigenvalue weighted by atomic mass is 15.2. The molecule has 0 spiro atoms. The first kappa shape index (κ1) is 12.6. The fourth-order valence-electron chi connectivity index (χ4n) is 3.20. The van der Waals surface area contributed by atoms with Gasteiger partial charge in [-0.1, -0.05) is 38.1 Å². The van der Waals surface area contributed by atoms with E-state index in [1.54, 1.807) is 11.1 Å². The molecule has 0 aliphatic heterocycles. The molecule has 94 valence electrons. The number of hydrogen-bond donors (Lipinski definition) is 0. The molecule has 1 aliphatic rings. The predicted octanol–water partition coefficient (Wildman–Crippen LogP) is 3.52. The molecule has 17 heavy (non-hydrogen) atoms. The molecule has 0 radical (unpaired) electrons. The molecular weight excluding hydrogens is 206 g/mol. The van der Waals surface area contributed by atoms with Crippen LogP contribution in [0.5, 0.6) is 0 Å². The first-order valence-electron chi connectivity index (χ1n) is 6.77. The number of likely N-dealkylation sites (N-methyl/N-ethyl adjacent to an activating group) is 1. The van der Waals surface area contributed by atoms with Gasteiger partial charge in [0.2, 0.25) is 0 Å². The molecule has 1 aromatic rings. The molecule has 0 saturated heterocycles. The van der Waals surface area contributed by atoms with Gasteiger partial charge in [0, 0.05) is 11.6 Å². The van der Waals surface area contributed by atoms with Gasteiger partial charge in [0.1, 0.15) is 0 Å². The minimum atomic E-state index is 0.317. The predicted molar refractivity (Wildman–Crippen MR) is 74.3 cm³/mol. The van der Waals surface area contributed by atoms with Crippen LogP contribution in [-0.2, 0) is 12.8 Å². The van der Waals surface area contributed by atoms with Crippen LogP contribution >= 0.6 is 0 Å². The van der Waals surface area contributed by atoms with Crippen LogP contribution in [0.15, 0.2) is 24.3 Å². The molecule has 2 rings (SSSR count). The fourth-order valence-corrected chi connectivity index (χ4v) is 3.20. The van der Waals surface area contributed by atoms with Gasteiger partial charge in [-0.2, -0.15) is 0 Å². The minimum Gasteiger partial charge on any atom is -0.297 e. The van der Waals surface area contributed by atoms with Gasteiger partial charge in [0.05, 0.1) is 0 Å². The van der Waals surface area contributed by atoms with Crippen molar-refractivity contribution in [1.82, 2.24) is 4.90 Å². The number of rotatable bonds is 3. The summed E-state index contributed by atoms with van der Waals surface area (Å²) in [7, 11) is 2.29. The van der Waals surface area contributed by atoms with Crippen molar-refractivity contribution in [3.63, 3.8) is 0 Å². The van der Waals surface area contributed by atoms with Crippen molar-refractivity contribution in [2.24, 2.45) is 5.92 Å². The maximum absolute atomic E-state index is 2.58. The quantitative estimate of drug-likeness (QED) is 0.769. The summed E-state index contributed by atoms with van der Waals surface area (Å²) in [5, 5.41) is 0. The van der Waals surface area contributed by atoms with Gasteiger partial charge in [-0.05, 0) is 50.8 Å². The van der Waals surface area contributed by atoms with E-state index in [9.17, 15) is 0 Å². The number of hydrogen-bond acceptors (Lipinski definition) is 1. The van der Waals surface area contributed by atoms with Gasteiger partial charge in [-0.15, -0.1) is 0 Å². The van der Waals surface area contributed by atoms with E-state index in [1.165, 1.54) is 12.8 Å². The third-order valence-corrected chi connectivity index (χ3v) is 4.66. The van der Waals surface area contributed by atoms with E-state index in [-0.39, 0.29) is 0 Å². The van der Waals surface area contributed by atoms with Crippen LogP contribution in [0.25, 0.3) is 0 Å². The third kappa shape index (κ3) is 2.01. The van der Waals surface area contributed by atoms with Crippen molar-refractivity contribution in [2.75, 3.05) is 7.05 Å². The molecule has 0 unspecified atom stereocenters. The van der Waals surface area contributed by atoms with Crippen LogP contribution in [0.3, 0.4) is 0 Å². The van der Waals surface area contributed by atoms with Crippen molar-refractivity contribution in [3.05, 3.63) is 35.4 Å². The van der Waals surface area contributed by atoms with E-state index in [2.05, 4.69) is 63.9 Å². The highest BCUT2D eigenvalue weighted by Gasteiger charge is 2.43. The van der Waals surface area contributed by atoms with Crippen molar-refractivity contribution in [3.8, 4) is 0 Å². The summed E-state index contributed by atoms with van der Waals surface area (Å²) in [6, 6.07) is 9.54. The molecule has 1 aliphatic carbocycles. The lowest BCUT2D eigenvalue weighted by atomic mass is 9.81. The van der Waals surface area contributed by atoms with E-state index in [4.69, 9.17) is 0 Å². The maximum atomic E-state index is 2.58.